The second-order valence-electron chi connectivity index (χ2n) is 7.81. The van der Waals surface area contributed by atoms with Crippen LogP contribution >= 0.6 is 0 Å². The maximum absolute atomic E-state index is 14.3. The Balaban J connectivity index is 1.74. The number of hydrogen-bond acceptors (Lipinski definition) is 4. The summed E-state index contributed by atoms with van der Waals surface area (Å²) < 4.78 is 19.6. The number of ether oxygens (including phenoxy) is 1. The number of halogens is 1. The Hall–Kier alpha value is -4.26. The summed E-state index contributed by atoms with van der Waals surface area (Å²) in [5.41, 5.74) is 2.88. The molecule has 0 spiro atoms. The number of barbiturate groups is 1. The first-order valence-electron chi connectivity index (χ1n) is 10.8. The number of hydrogen-bond donors (Lipinski definition) is 1. The molecule has 7 heteroatoms. The first-order valence-corrected chi connectivity index (χ1v) is 10.8. The Morgan fingerprint density at radius 1 is 0.971 bits per heavy atom. The van der Waals surface area contributed by atoms with E-state index in [0.717, 1.165) is 16.9 Å². The zero-order chi connectivity index (χ0) is 24.2. The topological polar surface area (TPSA) is 75.7 Å². The van der Waals surface area contributed by atoms with Crippen molar-refractivity contribution in [2.45, 2.75) is 19.8 Å². The summed E-state index contributed by atoms with van der Waals surface area (Å²) >= 11 is 0. The number of urea groups is 1. The molecular weight excluding hydrogens is 435 g/mol. The molecule has 0 aliphatic carbocycles. The van der Waals surface area contributed by atoms with Gasteiger partial charge in [0.25, 0.3) is 11.8 Å². The van der Waals surface area contributed by atoms with Crippen LogP contribution in [0.25, 0.3) is 6.08 Å². The van der Waals surface area contributed by atoms with Crippen molar-refractivity contribution in [3.8, 4) is 5.75 Å². The number of benzene rings is 3. The third kappa shape index (κ3) is 4.59. The van der Waals surface area contributed by atoms with E-state index < -0.39 is 17.8 Å². The maximum Gasteiger partial charge on any atom is 0.335 e. The van der Waals surface area contributed by atoms with Crippen molar-refractivity contribution >= 4 is 29.6 Å². The molecule has 1 saturated heterocycles. The van der Waals surface area contributed by atoms with Crippen LogP contribution in [-0.2, 0) is 22.4 Å². The van der Waals surface area contributed by atoms with Crippen molar-refractivity contribution in [2.24, 2.45) is 0 Å². The highest BCUT2D eigenvalue weighted by molar-refractivity contribution is 6.39. The van der Waals surface area contributed by atoms with Crippen molar-refractivity contribution in [2.75, 3.05) is 12.0 Å². The van der Waals surface area contributed by atoms with Crippen LogP contribution in [0.5, 0.6) is 5.75 Å². The van der Waals surface area contributed by atoms with Gasteiger partial charge in [-0.15, -0.1) is 0 Å². The first kappa shape index (κ1) is 22.9. The molecule has 3 aromatic rings. The Kier molecular flexibility index (Phi) is 6.54. The van der Waals surface area contributed by atoms with Gasteiger partial charge < -0.3 is 4.74 Å². The zero-order valence-corrected chi connectivity index (χ0v) is 18.8. The van der Waals surface area contributed by atoms with Crippen LogP contribution < -0.4 is 15.0 Å². The Bertz CT molecular complexity index is 1300. The molecule has 1 N–H and O–H groups in total. The fourth-order valence-electron chi connectivity index (χ4n) is 3.78. The minimum absolute atomic E-state index is 0.195. The Morgan fingerprint density at radius 3 is 2.38 bits per heavy atom. The van der Waals surface area contributed by atoms with Gasteiger partial charge in [0.1, 0.15) is 17.1 Å². The number of aryl methyl sites for hydroxylation is 1. The average molecular weight is 458 g/mol. The molecule has 1 aliphatic heterocycles. The van der Waals surface area contributed by atoms with Crippen LogP contribution in [0.15, 0.2) is 72.3 Å². The number of carbonyl (C=O) groups excluding carboxylic acids is 3. The lowest BCUT2D eigenvalue weighted by atomic mass is 9.96. The third-order valence-electron chi connectivity index (χ3n) is 5.69. The molecule has 6 nitrogen and oxygen atoms in total. The minimum Gasteiger partial charge on any atom is -0.497 e. The molecule has 4 amide bonds. The molecule has 1 aliphatic rings. The molecule has 0 bridgehead atoms. The predicted octanol–water partition coefficient (Wildman–Crippen LogP) is 4.65. The highest BCUT2D eigenvalue weighted by atomic mass is 19.1. The minimum atomic E-state index is -0.808. The molecule has 0 atom stereocenters. The van der Waals surface area contributed by atoms with Gasteiger partial charge in [0.15, 0.2) is 0 Å². The second-order valence-corrected chi connectivity index (χ2v) is 7.81. The van der Waals surface area contributed by atoms with E-state index in [1.165, 1.54) is 19.3 Å². The van der Waals surface area contributed by atoms with Crippen molar-refractivity contribution in [3.05, 3.63) is 100 Å². The van der Waals surface area contributed by atoms with Gasteiger partial charge in [0.05, 0.1) is 12.8 Å². The maximum atomic E-state index is 14.3. The summed E-state index contributed by atoms with van der Waals surface area (Å²) in [5, 5.41) is 2.23. The molecule has 172 valence electrons. The standard InChI is InChI=1S/C27H23FN2O4/c1-3-17-8-11-21(12-9-17)30-26(32)23(25(31)29-27(30)33)16-18-10-13-22(34-2)15-20(18)14-19-6-4-5-7-24(19)28/h4-13,15-16H,3,14H2,1-2H3,(H,29,31,33)/b23-16+. The number of rotatable bonds is 6. The number of anilines is 1. The summed E-state index contributed by atoms with van der Waals surface area (Å²) in [5.74, 6) is -1.32. The van der Waals surface area contributed by atoms with E-state index in [0.29, 0.717) is 28.1 Å². The van der Waals surface area contributed by atoms with Crippen molar-refractivity contribution in [1.82, 2.24) is 5.32 Å². The monoisotopic (exact) mass is 458 g/mol. The number of nitrogens with zero attached hydrogens (tertiary/aromatic N) is 1. The number of carbonyl (C=O) groups is 3. The SMILES string of the molecule is CCc1ccc(N2C(=O)NC(=O)/C(=C\c3ccc(OC)cc3Cc3ccccc3F)C2=O)cc1. The molecule has 0 unspecified atom stereocenters. The first-order chi connectivity index (χ1) is 16.4. The number of methoxy groups -OCH3 is 1. The van der Waals surface area contributed by atoms with E-state index in [1.807, 2.05) is 19.1 Å². The van der Waals surface area contributed by atoms with Gasteiger partial charge in [-0.1, -0.05) is 43.3 Å². The molecule has 0 saturated carbocycles. The highest BCUT2D eigenvalue weighted by Crippen LogP contribution is 2.27. The molecule has 0 aromatic heterocycles. The molecule has 1 heterocycles. The molecule has 3 aromatic carbocycles. The fourth-order valence-corrected chi connectivity index (χ4v) is 3.78. The highest BCUT2D eigenvalue weighted by Gasteiger charge is 2.36. The summed E-state index contributed by atoms with van der Waals surface area (Å²) in [6.07, 6.45) is 2.46. The zero-order valence-electron chi connectivity index (χ0n) is 18.8. The van der Waals surface area contributed by atoms with Gasteiger partial charge in [-0.2, -0.15) is 0 Å². The van der Waals surface area contributed by atoms with Crippen molar-refractivity contribution in [3.63, 3.8) is 0 Å². The van der Waals surface area contributed by atoms with Gasteiger partial charge in [0.2, 0.25) is 0 Å². The van der Waals surface area contributed by atoms with E-state index in [9.17, 15) is 18.8 Å². The van der Waals surface area contributed by atoms with Gasteiger partial charge in [-0.25, -0.2) is 14.1 Å². The summed E-state index contributed by atoms with van der Waals surface area (Å²) in [4.78, 5) is 39.3. The quantitative estimate of drug-likeness (QED) is 0.431. The largest absolute Gasteiger partial charge is 0.497 e. The Morgan fingerprint density at radius 2 is 1.71 bits per heavy atom. The fraction of sp³-hybridized carbons (Fsp3) is 0.148. The third-order valence-corrected chi connectivity index (χ3v) is 5.69. The lowest BCUT2D eigenvalue weighted by molar-refractivity contribution is -0.122. The van der Waals surface area contributed by atoms with Crippen LogP contribution in [0.2, 0.25) is 0 Å². The second kappa shape index (κ2) is 9.70. The predicted molar refractivity (Wildman–Crippen MR) is 127 cm³/mol. The van der Waals surface area contributed by atoms with Crippen molar-refractivity contribution < 1.29 is 23.5 Å². The van der Waals surface area contributed by atoms with Crippen LogP contribution in [0, 0.1) is 5.82 Å². The number of amides is 4. The molecule has 0 radical (unpaired) electrons. The van der Waals surface area contributed by atoms with E-state index in [4.69, 9.17) is 4.74 Å². The Labute approximate surface area is 196 Å². The molecule has 4 rings (SSSR count). The van der Waals surface area contributed by atoms with Gasteiger partial charge in [-0.3, -0.25) is 14.9 Å². The summed E-state index contributed by atoms with van der Waals surface area (Å²) in [7, 11) is 1.52. The number of nitrogens with one attached hydrogen (secondary N) is 1. The normalized spacial score (nSPS) is 15.0. The van der Waals surface area contributed by atoms with Crippen molar-refractivity contribution in [1.29, 1.82) is 0 Å². The van der Waals surface area contributed by atoms with Crippen LogP contribution in [0.1, 0.15) is 29.2 Å². The van der Waals surface area contributed by atoms with Gasteiger partial charge in [-0.05, 0) is 65.1 Å². The van der Waals surface area contributed by atoms with Crippen LogP contribution in [0.4, 0.5) is 14.9 Å². The van der Waals surface area contributed by atoms with Crippen LogP contribution in [-0.4, -0.2) is 25.0 Å². The number of imide groups is 2. The molecule has 34 heavy (non-hydrogen) atoms. The van der Waals surface area contributed by atoms with E-state index in [2.05, 4.69) is 5.32 Å². The summed E-state index contributed by atoms with van der Waals surface area (Å²) in [6, 6.07) is 17.7. The summed E-state index contributed by atoms with van der Waals surface area (Å²) in [6.45, 7) is 2.00. The van der Waals surface area contributed by atoms with E-state index in [1.54, 1.807) is 48.5 Å². The lowest BCUT2D eigenvalue weighted by Gasteiger charge is -2.26. The van der Waals surface area contributed by atoms with Crippen LogP contribution in [0.3, 0.4) is 0 Å². The van der Waals surface area contributed by atoms with E-state index in [-0.39, 0.29) is 17.8 Å². The smallest absolute Gasteiger partial charge is 0.335 e. The molecule has 1 fully saturated rings. The average Bonchev–Trinajstić information content (AvgIpc) is 2.84. The molecular formula is C27H23FN2O4. The van der Waals surface area contributed by atoms with E-state index >= 15 is 0 Å². The van der Waals surface area contributed by atoms with Gasteiger partial charge in [0, 0.05) is 6.42 Å². The lowest BCUT2D eigenvalue weighted by Crippen LogP contribution is -2.54. The van der Waals surface area contributed by atoms with Gasteiger partial charge >= 0.3 is 6.03 Å².